The maximum absolute atomic E-state index is 11.6. The van der Waals surface area contributed by atoms with Gasteiger partial charge < -0.3 is 23.7 Å². The zero-order valence-electron chi connectivity index (χ0n) is 18.9. The van der Waals surface area contributed by atoms with E-state index in [1.165, 1.54) is 6.92 Å². The van der Waals surface area contributed by atoms with E-state index >= 15 is 0 Å². The molecule has 1 unspecified atom stereocenters. The summed E-state index contributed by atoms with van der Waals surface area (Å²) in [5.41, 5.74) is -0.729. The molecule has 7 nitrogen and oxygen atoms in total. The maximum atomic E-state index is 11.6. The highest BCUT2D eigenvalue weighted by Gasteiger charge is 2.34. The van der Waals surface area contributed by atoms with Gasteiger partial charge in [-0.1, -0.05) is 19.6 Å². The standard InChI is InChI=1S/C20H39NO6Si/c1-16(22)27-18(10-9-17(14-21)13-19(23-4)24-5)20(2,3)26-15-25-11-12-28(6,7)8/h17-19H,9-13,15H2,1-8H3/t17?,18-/m1/s1. The van der Waals surface area contributed by atoms with Crippen molar-refractivity contribution in [3.8, 4) is 6.07 Å². The molecule has 0 N–H and O–H groups in total. The number of methoxy groups -OCH3 is 2. The van der Waals surface area contributed by atoms with E-state index in [0.29, 0.717) is 25.9 Å². The van der Waals surface area contributed by atoms with Crippen LogP contribution in [0.15, 0.2) is 0 Å². The molecule has 0 aromatic rings. The van der Waals surface area contributed by atoms with Crippen molar-refractivity contribution in [1.29, 1.82) is 5.26 Å². The van der Waals surface area contributed by atoms with Crippen LogP contribution in [0.5, 0.6) is 0 Å². The first kappa shape index (κ1) is 27.0. The second-order valence-electron chi connectivity index (χ2n) is 8.72. The molecule has 0 heterocycles. The minimum absolute atomic E-state index is 0.145. The molecule has 8 heteroatoms. The first-order valence-electron chi connectivity index (χ1n) is 9.79. The van der Waals surface area contributed by atoms with Gasteiger partial charge in [0.2, 0.25) is 0 Å². The molecule has 0 saturated carbocycles. The van der Waals surface area contributed by atoms with Crippen molar-refractivity contribution >= 4 is 14.0 Å². The van der Waals surface area contributed by atoms with Crippen LogP contribution in [0.1, 0.15) is 40.0 Å². The minimum atomic E-state index is -1.15. The van der Waals surface area contributed by atoms with Gasteiger partial charge in [0.05, 0.1) is 12.0 Å². The maximum Gasteiger partial charge on any atom is 0.303 e. The average molecular weight is 418 g/mol. The van der Waals surface area contributed by atoms with E-state index in [-0.39, 0.29) is 18.7 Å². The van der Waals surface area contributed by atoms with Gasteiger partial charge in [-0.2, -0.15) is 5.26 Å². The molecule has 0 radical (unpaired) electrons. The van der Waals surface area contributed by atoms with Crippen molar-refractivity contribution in [3.63, 3.8) is 0 Å². The fourth-order valence-corrected chi connectivity index (χ4v) is 3.34. The second kappa shape index (κ2) is 13.3. The summed E-state index contributed by atoms with van der Waals surface area (Å²) < 4.78 is 27.3. The highest BCUT2D eigenvalue weighted by molar-refractivity contribution is 6.76. The zero-order chi connectivity index (χ0) is 21.8. The van der Waals surface area contributed by atoms with Gasteiger partial charge in [-0.25, -0.2) is 0 Å². The number of nitrogens with zero attached hydrogens (tertiary/aromatic N) is 1. The van der Waals surface area contributed by atoms with Crippen LogP contribution in [0, 0.1) is 17.2 Å². The normalized spacial score (nSPS) is 14.6. The van der Waals surface area contributed by atoms with Crippen LogP contribution in [0.4, 0.5) is 0 Å². The summed E-state index contributed by atoms with van der Waals surface area (Å²) in [6.07, 6.45) is 0.587. The van der Waals surface area contributed by atoms with Gasteiger partial charge in [0.15, 0.2) is 6.29 Å². The van der Waals surface area contributed by atoms with Crippen molar-refractivity contribution in [3.05, 3.63) is 0 Å². The summed E-state index contributed by atoms with van der Waals surface area (Å²) >= 11 is 0. The minimum Gasteiger partial charge on any atom is -0.460 e. The van der Waals surface area contributed by atoms with Crippen LogP contribution in [0.3, 0.4) is 0 Å². The lowest BCUT2D eigenvalue weighted by atomic mass is 9.91. The number of hydrogen-bond acceptors (Lipinski definition) is 7. The molecule has 0 aliphatic heterocycles. The van der Waals surface area contributed by atoms with Crippen LogP contribution in [0.25, 0.3) is 0 Å². The predicted octanol–water partition coefficient (Wildman–Crippen LogP) is 3.95. The Labute approximate surface area is 171 Å². The monoisotopic (exact) mass is 417 g/mol. The topological polar surface area (TPSA) is 87.0 Å². The Balaban J connectivity index is 4.71. The highest BCUT2D eigenvalue weighted by atomic mass is 28.3. The number of esters is 1. The molecule has 0 aromatic carbocycles. The smallest absolute Gasteiger partial charge is 0.303 e. The number of hydrogen-bond donors (Lipinski definition) is 0. The van der Waals surface area contributed by atoms with Crippen LogP contribution in [0.2, 0.25) is 25.7 Å². The Morgan fingerprint density at radius 3 is 2.21 bits per heavy atom. The fraction of sp³-hybridized carbons (Fsp3) is 0.900. The molecule has 0 rings (SSSR count). The van der Waals surface area contributed by atoms with E-state index in [4.69, 9.17) is 23.7 Å². The van der Waals surface area contributed by atoms with Crippen molar-refractivity contribution in [1.82, 2.24) is 0 Å². The van der Waals surface area contributed by atoms with Gasteiger partial charge in [0.1, 0.15) is 18.5 Å². The number of carbonyl (C=O) groups is 1. The van der Waals surface area contributed by atoms with Gasteiger partial charge in [0, 0.05) is 42.2 Å². The van der Waals surface area contributed by atoms with E-state index < -0.39 is 26.1 Å². The third-order valence-corrected chi connectivity index (χ3v) is 6.26. The first-order chi connectivity index (χ1) is 12.9. The Kier molecular flexibility index (Phi) is 12.8. The van der Waals surface area contributed by atoms with Crippen molar-refractivity contribution in [2.24, 2.45) is 5.92 Å². The molecule has 0 saturated heterocycles. The van der Waals surface area contributed by atoms with Crippen LogP contribution < -0.4 is 0 Å². The quantitative estimate of drug-likeness (QED) is 0.172. The Morgan fingerprint density at radius 1 is 1.14 bits per heavy atom. The molecular formula is C20H39NO6Si. The molecule has 0 aliphatic carbocycles. The molecule has 0 spiro atoms. The van der Waals surface area contributed by atoms with E-state index in [2.05, 4.69) is 25.7 Å². The highest BCUT2D eigenvalue weighted by Crippen LogP contribution is 2.26. The molecular weight excluding hydrogens is 378 g/mol. The molecule has 164 valence electrons. The average Bonchev–Trinajstić information content (AvgIpc) is 2.59. The Bertz CT molecular complexity index is 482. The van der Waals surface area contributed by atoms with E-state index in [0.717, 1.165) is 6.04 Å². The van der Waals surface area contributed by atoms with Crippen molar-refractivity contribution in [2.45, 2.75) is 83.7 Å². The zero-order valence-corrected chi connectivity index (χ0v) is 19.9. The molecule has 2 atom stereocenters. The van der Waals surface area contributed by atoms with E-state index in [1.54, 1.807) is 14.2 Å². The predicted molar refractivity (Wildman–Crippen MR) is 110 cm³/mol. The Hall–Kier alpha value is -0.983. The lowest BCUT2D eigenvalue weighted by Crippen LogP contribution is -2.43. The third kappa shape index (κ3) is 12.5. The lowest BCUT2D eigenvalue weighted by Gasteiger charge is -2.34. The summed E-state index contributed by atoms with van der Waals surface area (Å²) in [6, 6.07) is 3.34. The lowest BCUT2D eigenvalue weighted by molar-refractivity contribution is -0.190. The van der Waals surface area contributed by atoms with Crippen LogP contribution >= 0.6 is 0 Å². The first-order valence-corrected chi connectivity index (χ1v) is 13.5. The Morgan fingerprint density at radius 2 is 1.75 bits per heavy atom. The molecule has 0 bridgehead atoms. The van der Waals surface area contributed by atoms with Crippen molar-refractivity contribution in [2.75, 3.05) is 27.6 Å². The number of nitriles is 1. The summed E-state index contributed by atoms with van der Waals surface area (Å²) in [5.74, 6) is -0.645. The molecule has 0 fully saturated rings. The largest absolute Gasteiger partial charge is 0.460 e. The SMILES string of the molecule is COC(CC(C#N)CC[C@@H](OC(C)=O)C(C)(C)OCOCC[Si](C)(C)C)OC. The van der Waals surface area contributed by atoms with Crippen molar-refractivity contribution < 1.29 is 28.5 Å². The molecule has 28 heavy (non-hydrogen) atoms. The summed E-state index contributed by atoms with van der Waals surface area (Å²) in [5, 5.41) is 9.41. The van der Waals surface area contributed by atoms with Crippen LogP contribution in [-0.4, -0.2) is 59.7 Å². The van der Waals surface area contributed by atoms with Gasteiger partial charge in [-0.15, -0.1) is 0 Å². The van der Waals surface area contributed by atoms with Gasteiger partial charge in [-0.3, -0.25) is 4.79 Å². The summed E-state index contributed by atoms with van der Waals surface area (Å²) in [4.78, 5) is 11.6. The van der Waals surface area contributed by atoms with Gasteiger partial charge in [0.25, 0.3) is 0 Å². The number of carbonyl (C=O) groups excluding carboxylic acids is 1. The molecule has 0 amide bonds. The summed E-state index contributed by atoms with van der Waals surface area (Å²) in [6.45, 7) is 12.8. The van der Waals surface area contributed by atoms with E-state index in [9.17, 15) is 10.1 Å². The fourth-order valence-electron chi connectivity index (χ4n) is 2.58. The van der Waals surface area contributed by atoms with Gasteiger partial charge in [-0.05, 0) is 32.7 Å². The van der Waals surface area contributed by atoms with Gasteiger partial charge >= 0.3 is 5.97 Å². The summed E-state index contributed by atoms with van der Waals surface area (Å²) in [7, 11) is 1.94. The third-order valence-electron chi connectivity index (χ3n) is 4.56. The molecule has 0 aliphatic rings. The molecule has 0 aromatic heterocycles. The second-order valence-corrected chi connectivity index (χ2v) is 14.3. The number of rotatable bonds is 15. The number of ether oxygens (including phenoxy) is 5. The van der Waals surface area contributed by atoms with Crippen LogP contribution in [-0.2, 0) is 28.5 Å². The van der Waals surface area contributed by atoms with E-state index in [1.807, 2.05) is 13.8 Å².